The quantitative estimate of drug-likeness (QED) is 0.0361. The van der Waals surface area contributed by atoms with Gasteiger partial charge in [-0.05, 0) is 145 Å². The lowest BCUT2D eigenvalue weighted by Gasteiger charge is -2.48. The molecule has 11 bridgehead atoms. The maximum atomic E-state index is 16.3. The number of anilines is 1. The number of rotatable bonds is 21. The fourth-order valence-corrected chi connectivity index (χ4v) is 15.4. The Hall–Kier alpha value is -11.2. The van der Waals surface area contributed by atoms with Crippen LogP contribution < -0.4 is 78.6 Å². The minimum absolute atomic E-state index is 0.0406. The second kappa shape index (κ2) is 38.7. The highest BCUT2D eigenvalue weighted by Gasteiger charge is 2.52. The van der Waals surface area contributed by atoms with E-state index in [0.717, 1.165) is 78.9 Å². The second-order valence-corrected chi connectivity index (χ2v) is 31.7. The highest BCUT2D eigenvalue weighted by atomic mass is 35.5. The Balaban J connectivity index is 1.03. The fourth-order valence-electron chi connectivity index (χ4n) is 14.7. The van der Waals surface area contributed by atoms with Crippen LogP contribution in [-0.2, 0) is 59.1 Å². The Bertz CT molecular complexity index is 5220. The molecule has 8 heterocycles. The van der Waals surface area contributed by atoms with Gasteiger partial charge in [0.1, 0.15) is 101 Å². The SMILES string of the molecule is CN[C@H](CC(C)C)C(=O)N[C@H]1C(=O)N[C@@H](CC(N)=O)C(=O)N[C@H]2C(=O)N[C@H]3C(=O)N[C@H](C(=O)N[C@@H](C(=O)NNCCO)c4cc(O)cc(O)c4-c4cc3ccc4O)[C@H](O)c3ccc(c(Cl)c3)Oc3cc2cc(c3O[C@@H]2O[C@H](CO)[C@@H](O)[C@H](O)[C@H]2O[C@H]2C[C@](C)(NCc3cncc(NC(=O)c4ccc(F)c(Cl)c4)c3)[C@H](O)[C@H](C)O2)Oc2ccc(cc2Cl)[C@H]1O. The Labute approximate surface area is 714 Å². The van der Waals surface area contributed by atoms with Crippen LogP contribution in [0, 0.1) is 11.7 Å². The van der Waals surface area contributed by atoms with Crippen molar-refractivity contribution in [3.8, 4) is 57.1 Å². The summed E-state index contributed by atoms with van der Waals surface area (Å²) in [6.07, 6.45) is -16.7. The van der Waals surface area contributed by atoms with Crippen molar-refractivity contribution in [2.75, 3.05) is 32.1 Å². The molecule has 1 aromatic heterocycles. The lowest BCUT2D eigenvalue weighted by molar-refractivity contribution is -0.334. The number of hydrazine groups is 1. The van der Waals surface area contributed by atoms with Crippen LogP contribution >= 0.6 is 34.8 Å². The summed E-state index contributed by atoms with van der Waals surface area (Å²) in [5, 5.41) is 139. The average molecular weight is 1770 g/mol. The van der Waals surface area contributed by atoms with Crippen LogP contribution in [0.2, 0.25) is 15.1 Å². The summed E-state index contributed by atoms with van der Waals surface area (Å²) in [4.78, 5) is 137. The van der Waals surface area contributed by atoms with Crippen LogP contribution in [0.15, 0.2) is 116 Å². The number of hydrogen-bond donors (Lipinski definition) is 22. The molecule has 7 aliphatic heterocycles. The Kier molecular flexibility index (Phi) is 28.6. The standard InChI is InChI=1S/C81H89Cl3FN13O25/c1-32(2)16-48(87-5)73(111)96-63-65(105)36-8-12-52(45(83)19-36)119-54-22-39-23-55(69(54)123-80-70(68(108)67(107)56(31-100)121-80)122-58-27-81(4,71(109)33(3)118-58)89-29-34-17-40(30-88-28-34)91-72(110)38-6-10-47(85)44(82)21-38)120-53-13-9-37(20-46(53)84)66(106)64-78(116)95-62(79(117)98-90-14-15-99)43-24-41(101)25-51(103)59(43)42-18-35(7-11-50(42)102)60(75(113)97-64)94-76(114)61(39)93-74(112)49(26-57(86)104)92-77(63)115/h6-13,17-25,28,30,32-33,48-49,56,58,60-68,70-71,80,87,89-90,99-103,105-109H,14-16,26-27,29,31H2,1-5H3,(H2,86,104)(H,91,110)(H,92,115)(H,93,112)(H,94,114)(H,95,116)(H,96,111)(H,97,113)(H,98,117)/t33-,48+,49-,56+,58-,60+,61+,62+,63+,64-,65+,66+,67+,68-,70+,71+,80-,81-/m0/s1. The van der Waals surface area contributed by atoms with Gasteiger partial charge in [0.15, 0.2) is 23.9 Å². The number of ether oxygens (including phenoxy) is 6. The number of pyridine rings is 1. The first-order chi connectivity index (χ1) is 58.4. The molecular formula is C81H89Cl3FN13O25. The van der Waals surface area contributed by atoms with E-state index in [4.69, 9.17) is 69.0 Å². The van der Waals surface area contributed by atoms with Gasteiger partial charge in [0.25, 0.3) is 11.8 Å². The predicted molar refractivity (Wildman–Crippen MR) is 431 cm³/mol. The molecule has 0 aliphatic carbocycles. The number of nitrogens with one attached hydrogen (secondary N) is 11. The molecule has 42 heteroatoms. The van der Waals surface area contributed by atoms with Crippen molar-refractivity contribution in [1.82, 2.24) is 58.4 Å². The van der Waals surface area contributed by atoms with E-state index in [9.17, 15) is 74.6 Å². The number of aliphatic hydroxyl groups is 7. The van der Waals surface area contributed by atoms with Crippen LogP contribution in [0.1, 0.15) is 121 Å². The van der Waals surface area contributed by atoms with Crippen LogP contribution in [0.3, 0.4) is 0 Å². The van der Waals surface area contributed by atoms with Gasteiger partial charge in [0.05, 0.1) is 64.8 Å². The maximum Gasteiger partial charge on any atom is 0.261 e. The third kappa shape index (κ3) is 20.5. The molecule has 6 aromatic carbocycles. The van der Waals surface area contributed by atoms with Crippen LogP contribution in [0.25, 0.3) is 11.1 Å². The zero-order chi connectivity index (χ0) is 88.9. The summed E-state index contributed by atoms with van der Waals surface area (Å²) in [6.45, 7) is 4.86. The van der Waals surface area contributed by atoms with Gasteiger partial charge in [-0.2, -0.15) is 0 Å². The number of halogens is 4. The van der Waals surface area contributed by atoms with Crippen molar-refractivity contribution in [2.45, 2.75) is 163 Å². The number of aliphatic hydroxyl groups excluding tert-OH is 7. The molecule has 7 aliphatic rings. The van der Waals surface area contributed by atoms with Crippen molar-refractivity contribution in [2.24, 2.45) is 11.7 Å². The molecule has 14 rings (SSSR count). The summed E-state index contributed by atoms with van der Waals surface area (Å²) >= 11 is 20.3. The maximum absolute atomic E-state index is 16.3. The number of nitrogens with two attached hydrogens (primary N) is 1. The Morgan fingerprint density at radius 2 is 1.37 bits per heavy atom. The van der Waals surface area contributed by atoms with E-state index in [1.54, 1.807) is 13.0 Å². The molecule has 0 unspecified atom stereocenters. The fraction of sp³-hybridized carbons (Fsp3) is 0.383. The minimum atomic E-state index is -2.40. The number of hydrogen-bond acceptors (Lipinski definition) is 29. The summed E-state index contributed by atoms with van der Waals surface area (Å²) in [5.41, 5.74) is 7.12. The van der Waals surface area contributed by atoms with Gasteiger partial charge < -0.3 is 133 Å². The number of phenols is 3. The number of carbonyl (C=O) groups is 9. The third-order valence-corrected chi connectivity index (χ3v) is 22.0. The molecule has 2 saturated heterocycles. The lowest BCUT2D eigenvalue weighted by atomic mass is 9.84. The number of likely N-dealkylation sites (N-methyl/N-ethyl adjacent to an activating group) is 1. The number of phenolic OH excluding ortho intramolecular Hbond substituents is 3. The number of amides is 9. The number of aromatic nitrogens is 1. The zero-order valence-corrected chi connectivity index (χ0v) is 68.2. The van der Waals surface area contributed by atoms with Crippen LogP contribution in [0.5, 0.6) is 46.0 Å². The number of fused-ring (bicyclic) bond motifs is 15. The largest absolute Gasteiger partial charge is 0.508 e. The van der Waals surface area contributed by atoms with Crippen molar-refractivity contribution >= 4 is 93.7 Å². The predicted octanol–water partition coefficient (Wildman–Crippen LogP) is 1.91. The number of benzene rings is 6. The Morgan fingerprint density at radius 3 is 2.01 bits per heavy atom. The van der Waals surface area contributed by atoms with E-state index < -0.39 is 260 Å². The molecule has 123 heavy (non-hydrogen) atoms. The zero-order valence-electron chi connectivity index (χ0n) is 65.9. The molecule has 0 saturated carbocycles. The van der Waals surface area contributed by atoms with Gasteiger partial charge in [0, 0.05) is 54.0 Å². The summed E-state index contributed by atoms with van der Waals surface area (Å²) in [6, 6.07) is 4.42. The first-order valence-electron chi connectivity index (χ1n) is 38.5. The normalized spacial score (nSPS) is 26.2. The summed E-state index contributed by atoms with van der Waals surface area (Å²) < 4.78 is 53.5. The first-order valence-corrected chi connectivity index (χ1v) is 39.6. The van der Waals surface area contributed by atoms with Gasteiger partial charge in [-0.15, -0.1) is 0 Å². The first kappa shape index (κ1) is 91.0. The minimum Gasteiger partial charge on any atom is -0.508 e. The van der Waals surface area contributed by atoms with E-state index in [-0.39, 0.29) is 70.6 Å². The van der Waals surface area contributed by atoms with Crippen molar-refractivity contribution in [1.29, 1.82) is 0 Å². The highest BCUT2D eigenvalue weighted by molar-refractivity contribution is 6.32. The number of aromatic hydroxyl groups is 3. The van der Waals surface area contributed by atoms with Gasteiger partial charge >= 0.3 is 0 Å². The van der Waals surface area contributed by atoms with E-state index in [2.05, 4.69) is 63.7 Å². The van der Waals surface area contributed by atoms with Gasteiger partial charge in [-0.1, -0.05) is 66.8 Å². The van der Waals surface area contributed by atoms with E-state index in [0.29, 0.717) is 5.56 Å². The molecule has 23 N–H and O–H groups in total. The molecule has 7 aromatic rings. The van der Waals surface area contributed by atoms with E-state index in [1.807, 2.05) is 13.8 Å². The molecule has 9 amide bonds. The topological polar surface area (TPSA) is 583 Å². The van der Waals surface area contributed by atoms with Crippen molar-refractivity contribution < 1.29 is 127 Å². The van der Waals surface area contributed by atoms with Gasteiger partial charge in [0.2, 0.25) is 53.4 Å². The van der Waals surface area contributed by atoms with Gasteiger partial charge in [-0.25, -0.2) is 9.82 Å². The van der Waals surface area contributed by atoms with Crippen molar-refractivity contribution in [3.05, 3.63) is 175 Å². The summed E-state index contributed by atoms with van der Waals surface area (Å²) in [5.74, 6) is -16.9. The average Bonchev–Trinajstić information content (AvgIpc) is 0.764. The van der Waals surface area contributed by atoms with E-state index >= 15 is 24.0 Å². The molecule has 656 valence electrons. The molecule has 0 radical (unpaired) electrons. The number of carbonyl (C=O) groups excluding carboxylic acids is 9. The number of primary amides is 1. The molecule has 2 fully saturated rings. The van der Waals surface area contributed by atoms with Gasteiger partial charge in [-0.3, -0.25) is 53.6 Å². The molecule has 0 spiro atoms. The van der Waals surface area contributed by atoms with Crippen molar-refractivity contribution in [3.63, 3.8) is 0 Å². The molecule has 38 nitrogen and oxygen atoms in total. The molecule has 18 atom stereocenters. The highest BCUT2D eigenvalue weighted by Crippen LogP contribution is 2.50. The van der Waals surface area contributed by atoms with Crippen LogP contribution in [0.4, 0.5) is 10.1 Å². The Morgan fingerprint density at radius 1 is 0.707 bits per heavy atom. The monoisotopic (exact) mass is 1770 g/mol. The third-order valence-electron chi connectivity index (χ3n) is 21.1. The lowest BCUT2D eigenvalue weighted by Crippen LogP contribution is -2.65. The van der Waals surface area contributed by atoms with E-state index in [1.165, 1.54) is 44.6 Å². The summed E-state index contributed by atoms with van der Waals surface area (Å²) in [7, 11) is 1.47. The smallest absolute Gasteiger partial charge is 0.261 e. The molecular weight excluding hydrogens is 1680 g/mol. The van der Waals surface area contributed by atoms with Crippen LogP contribution in [-0.4, -0.2) is 215 Å². The number of nitrogens with zero attached hydrogens (tertiary/aromatic N) is 1. The second-order valence-electron chi connectivity index (χ2n) is 30.4.